The van der Waals surface area contributed by atoms with Gasteiger partial charge in [-0.1, -0.05) is 60.7 Å². The molecule has 2 N–H and O–H groups in total. The number of hydrogen-bond acceptors (Lipinski definition) is 5. The average molecular weight is 424 g/mol. The van der Waals surface area contributed by atoms with Crippen LogP contribution in [-0.2, 0) is 27.4 Å². The van der Waals surface area contributed by atoms with Crippen LogP contribution in [0.15, 0.2) is 60.7 Å². The highest BCUT2D eigenvalue weighted by molar-refractivity contribution is 5.92. The van der Waals surface area contributed by atoms with E-state index in [2.05, 4.69) is 5.32 Å². The van der Waals surface area contributed by atoms with E-state index in [-0.39, 0.29) is 6.61 Å². The minimum absolute atomic E-state index is 0.132. The number of amides is 2. The molecule has 3 rings (SSSR count). The lowest BCUT2D eigenvalue weighted by atomic mass is 10.0. The van der Waals surface area contributed by atoms with Crippen molar-refractivity contribution in [2.45, 2.75) is 44.4 Å². The molecule has 2 aromatic carbocycles. The molecule has 1 fully saturated rings. The van der Waals surface area contributed by atoms with E-state index in [1.54, 1.807) is 0 Å². The Hall–Kier alpha value is -3.19. The van der Waals surface area contributed by atoms with Gasteiger partial charge < -0.3 is 15.2 Å². The monoisotopic (exact) mass is 424 g/mol. The van der Waals surface area contributed by atoms with E-state index < -0.39 is 36.5 Å². The molecule has 31 heavy (non-hydrogen) atoms. The Bertz CT molecular complexity index is 872. The van der Waals surface area contributed by atoms with Crippen molar-refractivity contribution in [2.24, 2.45) is 0 Å². The number of rotatable bonds is 9. The second-order valence-corrected chi connectivity index (χ2v) is 7.60. The van der Waals surface area contributed by atoms with Crippen LogP contribution in [0.4, 0.5) is 4.79 Å². The van der Waals surface area contributed by atoms with E-state index >= 15 is 0 Å². The second-order valence-electron chi connectivity index (χ2n) is 7.60. The van der Waals surface area contributed by atoms with Gasteiger partial charge in [-0.15, -0.1) is 0 Å². The van der Waals surface area contributed by atoms with Gasteiger partial charge in [-0.25, -0.2) is 4.79 Å². The van der Waals surface area contributed by atoms with E-state index in [9.17, 15) is 19.5 Å². The Morgan fingerprint density at radius 1 is 1.03 bits per heavy atom. The predicted octanol–water partition coefficient (Wildman–Crippen LogP) is 2.47. The van der Waals surface area contributed by atoms with Crippen molar-refractivity contribution in [3.8, 4) is 0 Å². The van der Waals surface area contributed by atoms with Crippen LogP contribution in [0.2, 0.25) is 0 Å². The van der Waals surface area contributed by atoms with Crippen LogP contribution < -0.4 is 5.32 Å². The molecule has 0 radical (unpaired) electrons. The SMILES string of the molecule is O=C(CO)[C@H](CCc1ccccc1)NC(=O)[C@@H]1CCCN1C(=O)OCc1ccccc1. The largest absolute Gasteiger partial charge is 0.445 e. The summed E-state index contributed by atoms with van der Waals surface area (Å²) in [4.78, 5) is 39.0. The van der Waals surface area contributed by atoms with Crippen LogP contribution in [-0.4, -0.2) is 53.0 Å². The summed E-state index contributed by atoms with van der Waals surface area (Å²) in [6, 6.07) is 17.5. The summed E-state index contributed by atoms with van der Waals surface area (Å²) in [5.41, 5.74) is 1.91. The number of ketones is 1. The zero-order chi connectivity index (χ0) is 22.1. The molecular formula is C24H28N2O5. The molecule has 2 aromatic rings. The van der Waals surface area contributed by atoms with Gasteiger partial charge in [0.15, 0.2) is 5.78 Å². The Kier molecular flexibility index (Phi) is 8.18. The number of Topliss-reactive ketones (excluding diaryl/α,β-unsaturated/α-hetero) is 1. The number of carbonyl (C=O) groups excluding carboxylic acids is 3. The Morgan fingerprint density at radius 3 is 2.32 bits per heavy atom. The van der Waals surface area contributed by atoms with E-state index in [1.165, 1.54) is 4.90 Å². The minimum atomic E-state index is -0.805. The number of likely N-dealkylation sites (tertiary alicyclic amines) is 1. The van der Waals surface area contributed by atoms with Crippen molar-refractivity contribution in [2.75, 3.05) is 13.2 Å². The maximum Gasteiger partial charge on any atom is 0.410 e. The molecule has 2 amide bonds. The van der Waals surface area contributed by atoms with Crippen LogP contribution in [0.3, 0.4) is 0 Å². The summed E-state index contributed by atoms with van der Waals surface area (Å²) in [6.45, 7) is -0.0885. The first kappa shape index (κ1) is 22.5. The predicted molar refractivity (Wildman–Crippen MR) is 115 cm³/mol. The number of benzene rings is 2. The van der Waals surface area contributed by atoms with Gasteiger partial charge in [0.25, 0.3) is 0 Å². The third-order valence-corrected chi connectivity index (χ3v) is 5.42. The van der Waals surface area contributed by atoms with Gasteiger partial charge in [0, 0.05) is 6.54 Å². The molecule has 0 spiro atoms. The Morgan fingerprint density at radius 2 is 1.68 bits per heavy atom. The van der Waals surface area contributed by atoms with Gasteiger partial charge >= 0.3 is 6.09 Å². The summed E-state index contributed by atoms with van der Waals surface area (Å²) in [5.74, 6) is -0.838. The van der Waals surface area contributed by atoms with Crippen LogP contribution >= 0.6 is 0 Å². The van der Waals surface area contributed by atoms with E-state index in [1.807, 2.05) is 60.7 Å². The highest BCUT2D eigenvalue weighted by atomic mass is 16.6. The third-order valence-electron chi connectivity index (χ3n) is 5.42. The number of nitrogens with one attached hydrogen (secondary N) is 1. The highest BCUT2D eigenvalue weighted by Gasteiger charge is 2.36. The van der Waals surface area contributed by atoms with Crippen LogP contribution in [0.25, 0.3) is 0 Å². The molecule has 0 unspecified atom stereocenters. The molecular weight excluding hydrogens is 396 g/mol. The molecule has 1 aliphatic rings. The van der Waals surface area contributed by atoms with Crippen LogP contribution in [0.1, 0.15) is 30.4 Å². The molecule has 0 aromatic heterocycles. The van der Waals surface area contributed by atoms with Crippen molar-refractivity contribution < 1.29 is 24.2 Å². The molecule has 164 valence electrons. The quantitative estimate of drug-likeness (QED) is 0.645. The standard InChI is InChI=1S/C24H28N2O5/c27-16-22(28)20(14-13-18-8-3-1-4-9-18)25-23(29)21-12-7-15-26(21)24(30)31-17-19-10-5-2-6-11-19/h1-6,8-11,20-21,27H,7,12-17H2,(H,25,29)/t20-,21-/m0/s1. The number of nitrogens with zero attached hydrogens (tertiary/aromatic N) is 1. The van der Waals surface area contributed by atoms with Gasteiger partial charge in [-0.3, -0.25) is 14.5 Å². The molecule has 0 aliphatic carbocycles. The molecule has 0 bridgehead atoms. The molecule has 1 saturated heterocycles. The number of aliphatic hydroxyl groups excluding tert-OH is 1. The van der Waals surface area contributed by atoms with Crippen molar-refractivity contribution >= 4 is 17.8 Å². The number of carbonyl (C=O) groups is 3. The van der Waals surface area contributed by atoms with E-state index in [4.69, 9.17) is 4.74 Å². The maximum absolute atomic E-state index is 12.9. The molecule has 1 aliphatic heterocycles. The van der Waals surface area contributed by atoms with Crippen molar-refractivity contribution in [3.63, 3.8) is 0 Å². The van der Waals surface area contributed by atoms with Crippen LogP contribution in [0, 0.1) is 0 Å². The zero-order valence-corrected chi connectivity index (χ0v) is 17.4. The highest BCUT2D eigenvalue weighted by Crippen LogP contribution is 2.20. The van der Waals surface area contributed by atoms with Crippen molar-refractivity contribution in [1.82, 2.24) is 10.2 Å². The Labute approximate surface area is 182 Å². The number of aryl methyl sites for hydroxylation is 1. The summed E-state index contributed by atoms with van der Waals surface area (Å²) in [7, 11) is 0. The Balaban J connectivity index is 1.57. The van der Waals surface area contributed by atoms with Gasteiger partial charge in [0.05, 0.1) is 6.04 Å². The lowest BCUT2D eigenvalue weighted by Crippen LogP contribution is -2.51. The summed E-state index contributed by atoms with van der Waals surface area (Å²) in [6.07, 6.45) is 1.60. The second kappa shape index (κ2) is 11.3. The van der Waals surface area contributed by atoms with Gasteiger partial charge in [0.2, 0.25) is 5.91 Å². The fourth-order valence-corrected chi connectivity index (χ4v) is 3.71. The lowest BCUT2D eigenvalue weighted by molar-refractivity contribution is -0.131. The molecule has 2 atom stereocenters. The first-order chi connectivity index (χ1) is 15.1. The smallest absolute Gasteiger partial charge is 0.410 e. The summed E-state index contributed by atoms with van der Waals surface area (Å²) >= 11 is 0. The molecule has 7 heteroatoms. The molecule has 7 nitrogen and oxygen atoms in total. The minimum Gasteiger partial charge on any atom is -0.445 e. The first-order valence-electron chi connectivity index (χ1n) is 10.5. The topological polar surface area (TPSA) is 95.9 Å². The summed E-state index contributed by atoms with van der Waals surface area (Å²) < 4.78 is 5.37. The third kappa shape index (κ3) is 6.39. The van der Waals surface area contributed by atoms with Gasteiger partial charge in [0.1, 0.15) is 19.3 Å². The first-order valence-corrected chi connectivity index (χ1v) is 10.5. The van der Waals surface area contributed by atoms with Crippen molar-refractivity contribution in [1.29, 1.82) is 0 Å². The maximum atomic E-state index is 12.9. The zero-order valence-electron chi connectivity index (χ0n) is 17.4. The molecule has 1 heterocycles. The average Bonchev–Trinajstić information content (AvgIpc) is 3.31. The number of ether oxygens (including phenoxy) is 1. The van der Waals surface area contributed by atoms with Crippen molar-refractivity contribution in [3.05, 3.63) is 71.8 Å². The number of hydrogen-bond donors (Lipinski definition) is 2. The van der Waals surface area contributed by atoms with E-state index in [0.29, 0.717) is 32.2 Å². The van der Waals surface area contributed by atoms with Crippen LogP contribution in [0.5, 0.6) is 0 Å². The van der Waals surface area contributed by atoms with Gasteiger partial charge in [-0.05, 0) is 36.8 Å². The molecule has 0 saturated carbocycles. The summed E-state index contributed by atoms with van der Waals surface area (Å²) in [5, 5.41) is 12.1. The normalized spacial score (nSPS) is 16.5. The number of aliphatic hydroxyl groups is 1. The van der Waals surface area contributed by atoms with E-state index in [0.717, 1.165) is 11.1 Å². The van der Waals surface area contributed by atoms with Gasteiger partial charge in [-0.2, -0.15) is 0 Å². The lowest BCUT2D eigenvalue weighted by Gasteiger charge is -2.25. The fourth-order valence-electron chi connectivity index (χ4n) is 3.71. The fraction of sp³-hybridized carbons (Fsp3) is 0.375.